The van der Waals surface area contributed by atoms with E-state index in [9.17, 15) is 44.7 Å². The Morgan fingerprint density at radius 3 is 1.80 bits per heavy atom. The van der Waals surface area contributed by atoms with E-state index in [0.29, 0.717) is 6.42 Å². The normalized spacial score (nSPS) is 42.8. The number of Topliss-reactive ketones (excluding diaryl/α,β-unsaturated/α-hetero) is 1. The van der Waals surface area contributed by atoms with Crippen LogP contribution in [0.15, 0.2) is 0 Å². The fourth-order valence-electron chi connectivity index (χ4n) is 8.41. The molecule has 3 aliphatic rings. The second kappa shape index (κ2) is 24.1. The van der Waals surface area contributed by atoms with Gasteiger partial charge in [0.2, 0.25) is 0 Å². The zero-order valence-electron chi connectivity index (χ0n) is 39.1. The lowest BCUT2D eigenvalue weighted by Crippen LogP contribution is -2.61. The molecule has 0 radical (unpaired) electrons. The van der Waals surface area contributed by atoms with Crippen LogP contribution < -0.4 is 0 Å². The van der Waals surface area contributed by atoms with E-state index in [4.69, 9.17) is 38.6 Å². The van der Waals surface area contributed by atoms with Crippen LogP contribution in [0, 0.1) is 23.7 Å². The first-order valence-electron chi connectivity index (χ1n) is 21.5. The fourth-order valence-corrected chi connectivity index (χ4v) is 8.41. The molecular formula is C43H79NO17. The van der Waals surface area contributed by atoms with Crippen LogP contribution in [0.4, 0.5) is 0 Å². The Balaban J connectivity index is 0.00000166. The molecule has 0 unspecified atom stereocenters. The Labute approximate surface area is 362 Å². The van der Waals surface area contributed by atoms with Gasteiger partial charge in [0.25, 0.3) is 0 Å². The van der Waals surface area contributed by atoms with Crippen molar-refractivity contribution in [1.29, 1.82) is 0 Å². The van der Waals surface area contributed by atoms with Crippen LogP contribution in [0.2, 0.25) is 0 Å². The summed E-state index contributed by atoms with van der Waals surface area (Å²) in [6.07, 6.45) is -9.26. The third-order valence-electron chi connectivity index (χ3n) is 12.4. The van der Waals surface area contributed by atoms with Crippen LogP contribution in [0.25, 0.3) is 0 Å². The monoisotopic (exact) mass is 882 g/mol. The van der Waals surface area contributed by atoms with Crippen LogP contribution >= 0.6 is 0 Å². The zero-order chi connectivity index (χ0) is 47.5. The van der Waals surface area contributed by atoms with Crippen molar-refractivity contribution in [2.75, 3.05) is 21.2 Å². The van der Waals surface area contributed by atoms with Crippen molar-refractivity contribution in [1.82, 2.24) is 4.90 Å². The standard InChI is InChI=1S/C37H67NO13.2C3H6O2/c1-14-25-37(10,45)30(41)20(4)27(39)18(2)16-35(8,44)32(51-34-28(40)24(38(11)12)15-19(3)47-34)21(5)29(22(6)33(43)49-25)50-26-17-36(9,46-13)31(42)23(7)48-26;2*1-2-3(4)5/h18-26,28-32,34,40-42,44-45H,14-17H2,1-13H3;2*2H2,1H3,(H,4,5)/t18-,19-,20+,21-,22-,23+,24+,25-,26+,28-,29+,30+,31+,32-,34+,35-,36-,37-;;/m1../s1. The van der Waals surface area contributed by atoms with E-state index < -0.39 is 119 Å². The first kappa shape index (κ1) is 56.7. The summed E-state index contributed by atoms with van der Waals surface area (Å²) >= 11 is 0. The highest BCUT2D eigenvalue weighted by molar-refractivity contribution is 5.83. The minimum absolute atomic E-state index is 0.0936. The fraction of sp³-hybridized carbons (Fsp3) is 0.907. The van der Waals surface area contributed by atoms with Crippen molar-refractivity contribution in [2.45, 2.75) is 206 Å². The van der Waals surface area contributed by atoms with Crippen molar-refractivity contribution in [3.8, 4) is 0 Å². The number of carboxylic acid groups (broad SMARTS) is 2. The quantitative estimate of drug-likeness (QED) is 0.164. The number of ketones is 1. The van der Waals surface area contributed by atoms with Gasteiger partial charge in [-0.15, -0.1) is 0 Å². The first-order chi connectivity index (χ1) is 28.0. The number of hydrogen-bond donors (Lipinski definition) is 7. The molecule has 0 spiro atoms. The molecule has 3 rings (SSSR count). The maximum atomic E-state index is 14.1. The topological polar surface area (TPSA) is 269 Å². The molecule has 3 fully saturated rings. The largest absolute Gasteiger partial charge is 0.481 e. The number of esters is 1. The molecule has 18 atom stereocenters. The predicted molar refractivity (Wildman–Crippen MR) is 222 cm³/mol. The van der Waals surface area contributed by atoms with Gasteiger partial charge in [0.15, 0.2) is 12.6 Å². The van der Waals surface area contributed by atoms with Crippen molar-refractivity contribution >= 4 is 23.7 Å². The van der Waals surface area contributed by atoms with E-state index >= 15 is 0 Å². The summed E-state index contributed by atoms with van der Waals surface area (Å²) in [6, 6.07) is -0.324. The number of methoxy groups -OCH3 is 1. The molecule has 0 aliphatic carbocycles. The van der Waals surface area contributed by atoms with Gasteiger partial charge in [-0.1, -0.05) is 41.5 Å². The van der Waals surface area contributed by atoms with Gasteiger partial charge in [0.1, 0.15) is 29.7 Å². The molecule has 0 bridgehead atoms. The maximum Gasteiger partial charge on any atom is 0.311 e. The van der Waals surface area contributed by atoms with Crippen molar-refractivity contribution in [3.63, 3.8) is 0 Å². The number of aliphatic carboxylic acids is 2. The lowest BCUT2D eigenvalue weighted by molar-refractivity contribution is -0.318. The number of nitrogens with zero attached hydrogens (tertiary/aromatic N) is 1. The van der Waals surface area contributed by atoms with Gasteiger partial charge in [-0.2, -0.15) is 0 Å². The minimum atomic E-state index is -1.99. The molecule has 358 valence electrons. The summed E-state index contributed by atoms with van der Waals surface area (Å²) in [6.45, 7) is 19.5. The number of hydrogen-bond acceptors (Lipinski definition) is 16. The average Bonchev–Trinajstić information content (AvgIpc) is 3.18. The number of rotatable bonds is 9. The van der Waals surface area contributed by atoms with Crippen LogP contribution in [-0.2, 0) is 47.6 Å². The van der Waals surface area contributed by atoms with E-state index in [1.54, 1.807) is 55.4 Å². The van der Waals surface area contributed by atoms with Gasteiger partial charge >= 0.3 is 17.9 Å². The van der Waals surface area contributed by atoms with Crippen LogP contribution in [0.5, 0.6) is 0 Å². The number of aliphatic hydroxyl groups excluding tert-OH is 3. The smallest absolute Gasteiger partial charge is 0.311 e. The number of likely N-dealkylation sites (N-methyl/N-ethyl adjacent to an activating group) is 1. The van der Waals surface area contributed by atoms with Crippen molar-refractivity contribution < 1.29 is 83.3 Å². The highest BCUT2D eigenvalue weighted by Crippen LogP contribution is 2.40. The SMILES string of the molecule is CCC(=O)O.CCC(=O)O.CC[C@H]1OC(=O)[C@H](C)[C@@H](O[C@H]2C[C@@](C)(OC)[C@@H](O)[C@H](C)O2)[C@@H](C)[C@@H](O[C@@H]2O[C@H](C)C[C@H](N(C)C)[C@H]2O)[C@](C)(O)C[C@@H](C)C(=O)[C@H](C)[C@H](O)[C@]1(C)O. The Morgan fingerprint density at radius 1 is 0.820 bits per heavy atom. The second-order valence-electron chi connectivity index (χ2n) is 18.0. The first-order valence-corrected chi connectivity index (χ1v) is 21.5. The molecule has 61 heavy (non-hydrogen) atoms. The van der Waals surface area contributed by atoms with Crippen molar-refractivity contribution in [2.24, 2.45) is 23.7 Å². The highest BCUT2D eigenvalue weighted by atomic mass is 16.7. The van der Waals surface area contributed by atoms with Crippen LogP contribution in [0.1, 0.15) is 122 Å². The zero-order valence-corrected chi connectivity index (χ0v) is 39.1. The molecule has 7 N–H and O–H groups in total. The molecule has 0 amide bonds. The molecule has 0 aromatic rings. The number of carbonyl (C=O) groups excluding carboxylic acids is 2. The van der Waals surface area contributed by atoms with Crippen LogP contribution in [-0.4, -0.2) is 170 Å². The van der Waals surface area contributed by atoms with Gasteiger partial charge in [-0.25, -0.2) is 0 Å². The Hall–Kier alpha value is -2.36. The number of cyclic esters (lactones) is 1. The maximum absolute atomic E-state index is 14.1. The Kier molecular flexibility index (Phi) is 22.4. The summed E-state index contributed by atoms with van der Waals surface area (Å²) in [7, 11) is 5.18. The molecule has 0 aromatic heterocycles. The highest BCUT2D eigenvalue weighted by Gasteiger charge is 2.53. The second-order valence-corrected chi connectivity index (χ2v) is 18.0. The van der Waals surface area contributed by atoms with Gasteiger partial charge in [-0.05, 0) is 74.9 Å². The lowest BCUT2D eigenvalue weighted by Gasteiger charge is -2.49. The van der Waals surface area contributed by atoms with Gasteiger partial charge < -0.3 is 69.1 Å². The third-order valence-corrected chi connectivity index (χ3v) is 12.4. The number of carboxylic acids is 2. The summed E-state index contributed by atoms with van der Waals surface area (Å²) in [5.41, 5.74) is -4.84. The summed E-state index contributed by atoms with van der Waals surface area (Å²) in [5.74, 6) is -6.47. The van der Waals surface area contributed by atoms with Gasteiger partial charge in [-0.3, -0.25) is 19.2 Å². The van der Waals surface area contributed by atoms with E-state index in [1.807, 2.05) is 25.9 Å². The molecule has 0 aromatic carbocycles. The minimum Gasteiger partial charge on any atom is -0.481 e. The van der Waals surface area contributed by atoms with Gasteiger partial charge in [0.05, 0.1) is 47.6 Å². The van der Waals surface area contributed by atoms with E-state index in [1.165, 1.54) is 27.9 Å². The number of aliphatic hydroxyl groups is 5. The average molecular weight is 882 g/mol. The van der Waals surface area contributed by atoms with E-state index in [0.717, 1.165) is 0 Å². The summed E-state index contributed by atoms with van der Waals surface area (Å²) in [5, 5.41) is 73.1. The Morgan fingerprint density at radius 2 is 1.34 bits per heavy atom. The Bertz CT molecular complexity index is 1380. The lowest BCUT2D eigenvalue weighted by atomic mass is 9.74. The molecule has 0 saturated carbocycles. The van der Waals surface area contributed by atoms with E-state index in [-0.39, 0.29) is 44.2 Å². The molecule has 3 aliphatic heterocycles. The summed E-state index contributed by atoms with van der Waals surface area (Å²) < 4.78 is 37.1. The molecule has 3 heterocycles. The molecule has 18 heteroatoms. The molecule has 18 nitrogen and oxygen atoms in total. The third kappa shape index (κ3) is 15.1. The summed E-state index contributed by atoms with van der Waals surface area (Å²) in [4.78, 5) is 48.5. The molecule has 3 saturated heterocycles. The van der Waals surface area contributed by atoms with Crippen LogP contribution in [0.3, 0.4) is 0 Å². The number of ether oxygens (including phenoxy) is 6. The van der Waals surface area contributed by atoms with Gasteiger partial charge in [0, 0.05) is 50.2 Å². The van der Waals surface area contributed by atoms with Crippen molar-refractivity contribution in [3.05, 3.63) is 0 Å². The molecular weight excluding hydrogens is 802 g/mol. The predicted octanol–water partition coefficient (Wildman–Crippen LogP) is 2.75. The number of carbonyl (C=O) groups is 4. The van der Waals surface area contributed by atoms with E-state index in [2.05, 4.69) is 0 Å².